The van der Waals surface area contributed by atoms with Crippen LogP contribution in [0.15, 0.2) is 59.5 Å². The second-order valence-corrected chi connectivity index (χ2v) is 6.70. The first kappa shape index (κ1) is 18.9. The summed E-state index contributed by atoms with van der Waals surface area (Å²) in [5.41, 5.74) is 1.33. The summed E-state index contributed by atoms with van der Waals surface area (Å²) in [6.07, 6.45) is 0. The van der Waals surface area contributed by atoms with Gasteiger partial charge in [-0.1, -0.05) is 24.3 Å². The van der Waals surface area contributed by atoms with Crippen LogP contribution in [0, 0.1) is 0 Å². The van der Waals surface area contributed by atoms with Crippen LogP contribution in [0.3, 0.4) is 0 Å². The number of rotatable bonds is 8. The van der Waals surface area contributed by atoms with Crippen molar-refractivity contribution in [2.75, 3.05) is 37.9 Å². The monoisotopic (exact) mass is 358 g/mol. The summed E-state index contributed by atoms with van der Waals surface area (Å²) < 4.78 is 5.06. The van der Waals surface area contributed by atoms with Gasteiger partial charge in [0.05, 0.1) is 5.56 Å². The zero-order chi connectivity index (χ0) is 18.1. The third-order valence-corrected chi connectivity index (χ3v) is 4.38. The van der Waals surface area contributed by atoms with Gasteiger partial charge >= 0.3 is 5.97 Å². The van der Waals surface area contributed by atoms with Gasteiger partial charge in [0.25, 0.3) is 5.91 Å². The van der Waals surface area contributed by atoms with Gasteiger partial charge in [-0.2, -0.15) is 0 Å². The van der Waals surface area contributed by atoms with Crippen LogP contribution in [-0.4, -0.2) is 44.9 Å². The zero-order valence-corrected chi connectivity index (χ0v) is 15.2. The highest BCUT2D eigenvalue weighted by Crippen LogP contribution is 2.16. The summed E-state index contributed by atoms with van der Waals surface area (Å²) in [5, 5.41) is 2.74. The average molecular weight is 358 g/mol. The van der Waals surface area contributed by atoms with Crippen LogP contribution in [0.25, 0.3) is 0 Å². The van der Waals surface area contributed by atoms with E-state index in [2.05, 4.69) is 5.32 Å². The lowest BCUT2D eigenvalue weighted by atomic mass is 10.2. The van der Waals surface area contributed by atoms with Gasteiger partial charge in [0.2, 0.25) is 0 Å². The van der Waals surface area contributed by atoms with Crippen molar-refractivity contribution >= 4 is 29.3 Å². The molecular formula is C19H22N2O3S. The molecule has 2 aromatic carbocycles. The lowest BCUT2D eigenvalue weighted by molar-refractivity contribution is -0.124. The first-order valence-corrected chi connectivity index (χ1v) is 8.94. The van der Waals surface area contributed by atoms with E-state index in [1.54, 1.807) is 30.0 Å². The molecule has 1 N–H and O–H groups in total. The van der Waals surface area contributed by atoms with Gasteiger partial charge in [0.15, 0.2) is 6.61 Å². The third kappa shape index (κ3) is 6.51. The van der Waals surface area contributed by atoms with E-state index in [0.717, 1.165) is 16.3 Å². The number of carbonyl (C=O) groups is 2. The first-order valence-electron chi connectivity index (χ1n) is 7.95. The van der Waals surface area contributed by atoms with E-state index in [-0.39, 0.29) is 12.5 Å². The molecule has 0 aliphatic carbocycles. The molecular weight excluding hydrogens is 336 g/mol. The number of hydrogen-bond donors (Lipinski definition) is 1. The molecule has 0 saturated carbocycles. The molecule has 25 heavy (non-hydrogen) atoms. The molecule has 0 spiro atoms. The smallest absolute Gasteiger partial charge is 0.338 e. The number of esters is 1. The Bertz CT molecular complexity index is 705. The number of benzene rings is 2. The van der Waals surface area contributed by atoms with Crippen molar-refractivity contribution < 1.29 is 14.3 Å². The van der Waals surface area contributed by atoms with E-state index < -0.39 is 5.97 Å². The van der Waals surface area contributed by atoms with E-state index in [1.165, 1.54) is 0 Å². The molecule has 2 aromatic rings. The highest BCUT2D eigenvalue weighted by molar-refractivity contribution is 7.99. The van der Waals surface area contributed by atoms with Crippen LogP contribution >= 0.6 is 11.8 Å². The normalized spacial score (nSPS) is 10.2. The van der Waals surface area contributed by atoms with Crippen molar-refractivity contribution in [3.8, 4) is 0 Å². The quantitative estimate of drug-likeness (QED) is 0.447. The Morgan fingerprint density at radius 2 is 1.84 bits per heavy atom. The van der Waals surface area contributed by atoms with Gasteiger partial charge in [-0.15, -0.1) is 11.8 Å². The Labute approximate surface area is 152 Å². The van der Waals surface area contributed by atoms with Crippen LogP contribution < -0.4 is 10.2 Å². The predicted molar refractivity (Wildman–Crippen MR) is 101 cm³/mol. The molecule has 2 rings (SSSR count). The number of hydrogen-bond acceptors (Lipinski definition) is 5. The van der Waals surface area contributed by atoms with Crippen LogP contribution in [-0.2, 0) is 9.53 Å². The summed E-state index contributed by atoms with van der Waals surface area (Å²) in [5.74, 6) is -0.0440. The van der Waals surface area contributed by atoms with Gasteiger partial charge in [0.1, 0.15) is 0 Å². The minimum atomic E-state index is -0.502. The topological polar surface area (TPSA) is 58.6 Å². The minimum Gasteiger partial charge on any atom is -0.452 e. The molecule has 132 valence electrons. The average Bonchev–Trinajstić information content (AvgIpc) is 2.64. The fourth-order valence-electron chi connectivity index (χ4n) is 2.05. The summed E-state index contributed by atoms with van der Waals surface area (Å²) in [7, 11) is 3.79. The standard InChI is InChI=1S/C19H22N2O3S/c1-21(2)16-8-6-7-15(13-16)19(23)24-14-18(22)20-11-12-25-17-9-4-3-5-10-17/h3-10,13H,11-12,14H2,1-2H3,(H,20,22). The lowest BCUT2D eigenvalue weighted by Crippen LogP contribution is -2.30. The number of amides is 1. The SMILES string of the molecule is CN(C)c1cccc(C(=O)OCC(=O)NCCSc2ccccc2)c1. The number of ether oxygens (including phenoxy) is 1. The number of carbonyl (C=O) groups excluding carboxylic acids is 2. The number of thioether (sulfide) groups is 1. The van der Waals surface area contributed by atoms with Gasteiger partial charge < -0.3 is 15.0 Å². The molecule has 0 fully saturated rings. The Hall–Kier alpha value is -2.47. The van der Waals surface area contributed by atoms with Gasteiger partial charge in [-0.25, -0.2) is 4.79 Å². The molecule has 6 heteroatoms. The number of nitrogens with zero attached hydrogens (tertiary/aromatic N) is 1. The van der Waals surface area contributed by atoms with Gasteiger partial charge in [-0.3, -0.25) is 4.79 Å². The van der Waals surface area contributed by atoms with Crippen molar-refractivity contribution in [2.24, 2.45) is 0 Å². The molecule has 0 saturated heterocycles. The third-order valence-electron chi connectivity index (χ3n) is 3.37. The van der Waals surface area contributed by atoms with Crippen molar-refractivity contribution in [3.63, 3.8) is 0 Å². The number of anilines is 1. The van der Waals surface area contributed by atoms with Crippen LogP contribution in [0.1, 0.15) is 10.4 Å². The number of nitrogens with one attached hydrogen (secondary N) is 1. The second-order valence-electron chi connectivity index (χ2n) is 5.53. The molecule has 0 aromatic heterocycles. The van der Waals surface area contributed by atoms with E-state index in [0.29, 0.717) is 12.1 Å². The Kier molecular flexibility index (Phi) is 7.35. The summed E-state index contributed by atoms with van der Waals surface area (Å²) in [4.78, 5) is 26.8. The summed E-state index contributed by atoms with van der Waals surface area (Å²) in [6.45, 7) is 0.243. The van der Waals surface area contributed by atoms with Crippen molar-refractivity contribution in [3.05, 3.63) is 60.2 Å². The van der Waals surface area contributed by atoms with Crippen molar-refractivity contribution in [1.82, 2.24) is 5.32 Å². The maximum atomic E-state index is 12.0. The van der Waals surface area contributed by atoms with E-state index in [1.807, 2.05) is 55.4 Å². The fourth-order valence-corrected chi connectivity index (χ4v) is 2.84. The van der Waals surface area contributed by atoms with Crippen LogP contribution in [0.2, 0.25) is 0 Å². The van der Waals surface area contributed by atoms with E-state index >= 15 is 0 Å². The van der Waals surface area contributed by atoms with Crippen LogP contribution in [0.4, 0.5) is 5.69 Å². The molecule has 0 heterocycles. The Balaban J connectivity index is 1.69. The molecule has 0 aliphatic heterocycles. The molecule has 0 unspecified atom stereocenters. The fraction of sp³-hybridized carbons (Fsp3) is 0.263. The maximum absolute atomic E-state index is 12.0. The summed E-state index contributed by atoms with van der Waals surface area (Å²) >= 11 is 1.66. The summed E-state index contributed by atoms with van der Waals surface area (Å²) in [6, 6.07) is 17.1. The van der Waals surface area contributed by atoms with E-state index in [4.69, 9.17) is 4.74 Å². The van der Waals surface area contributed by atoms with Gasteiger partial charge in [-0.05, 0) is 30.3 Å². The Morgan fingerprint density at radius 1 is 1.08 bits per heavy atom. The minimum absolute atomic E-state index is 0.277. The lowest BCUT2D eigenvalue weighted by Gasteiger charge is -2.13. The highest BCUT2D eigenvalue weighted by Gasteiger charge is 2.11. The first-order chi connectivity index (χ1) is 12.1. The van der Waals surface area contributed by atoms with E-state index in [9.17, 15) is 9.59 Å². The molecule has 5 nitrogen and oxygen atoms in total. The highest BCUT2D eigenvalue weighted by atomic mass is 32.2. The van der Waals surface area contributed by atoms with Gasteiger partial charge in [0, 0.05) is 37.0 Å². The second kappa shape index (κ2) is 9.74. The van der Waals surface area contributed by atoms with Crippen molar-refractivity contribution in [2.45, 2.75) is 4.90 Å². The maximum Gasteiger partial charge on any atom is 0.338 e. The largest absolute Gasteiger partial charge is 0.452 e. The molecule has 0 radical (unpaired) electrons. The Morgan fingerprint density at radius 3 is 2.56 bits per heavy atom. The molecule has 0 atom stereocenters. The molecule has 0 bridgehead atoms. The molecule has 0 aliphatic rings. The van der Waals surface area contributed by atoms with Crippen LogP contribution in [0.5, 0.6) is 0 Å². The van der Waals surface area contributed by atoms with Crippen molar-refractivity contribution in [1.29, 1.82) is 0 Å². The predicted octanol–water partition coefficient (Wildman–Crippen LogP) is 2.82. The molecule has 1 amide bonds. The zero-order valence-electron chi connectivity index (χ0n) is 14.4.